The van der Waals surface area contributed by atoms with Gasteiger partial charge in [-0.3, -0.25) is 4.79 Å². The zero-order valence-electron chi connectivity index (χ0n) is 14.8. The molecule has 1 aromatic heterocycles. The van der Waals surface area contributed by atoms with Gasteiger partial charge in [-0.15, -0.1) is 0 Å². The molecule has 6 nitrogen and oxygen atoms in total. The Kier molecular flexibility index (Phi) is 3.01. The van der Waals surface area contributed by atoms with Crippen molar-refractivity contribution in [2.75, 3.05) is 5.32 Å². The van der Waals surface area contributed by atoms with Gasteiger partial charge in [-0.05, 0) is 69.2 Å². The molecular weight excluding hydrogens is 350 g/mol. The lowest BCUT2D eigenvalue weighted by Gasteiger charge is -2.13. The quantitative estimate of drug-likeness (QED) is 0.846. The van der Waals surface area contributed by atoms with Crippen LogP contribution in [0.15, 0.2) is 29.2 Å². The average molecular weight is 371 g/mol. The summed E-state index contributed by atoms with van der Waals surface area (Å²) < 4.78 is 28.0. The molecule has 26 heavy (non-hydrogen) atoms. The number of sulfonamides is 1. The highest BCUT2D eigenvalue weighted by molar-refractivity contribution is 7.89. The van der Waals surface area contributed by atoms with Gasteiger partial charge in [0.25, 0.3) is 0 Å². The predicted molar refractivity (Wildman–Crippen MR) is 98.2 cm³/mol. The zero-order chi connectivity index (χ0) is 18.3. The van der Waals surface area contributed by atoms with Gasteiger partial charge in [0, 0.05) is 10.9 Å². The van der Waals surface area contributed by atoms with Crippen molar-refractivity contribution in [3.63, 3.8) is 0 Å². The van der Waals surface area contributed by atoms with E-state index in [-0.39, 0.29) is 21.8 Å². The second kappa shape index (κ2) is 4.84. The third kappa shape index (κ3) is 2.53. The lowest BCUT2D eigenvalue weighted by atomic mass is 10.1. The van der Waals surface area contributed by atoms with Crippen molar-refractivity contribution in [3.8, 4) is 0 Å². The van der Waals surface area contributed by atoms with Crippen molar-refractivity contribution in [1.82, 2.24) is 9.71 Å². The molecule has 5 rings (SSSR count). The molecule has 3 fully saturated rings. The minimum Gasteiger partial charge on any atom is -0.310 e. The fourth-order valence-electron chi connectivity index (χ4n) is 3.60. The van der Waals surface area contributed by atoms with Crippen molar-refractivity contribution in [1.29, 1.82) is 0 Å². The van der Waals surface area contributed by atoms with E-state index in [1.165, 1.54) is 0 Å². The van der Waals surface area contributed by atoms with E-state index in [4.69, 9.17) is 0 Å². The fourth-order valence-corrected chi connectivity index (χ4v) is 5.08. The minimum absolute atomic E-state index is 0.0425. The highest BCUT2D eigenvalue weighted by Crippen LogP contribution is 2.75. The number of aryl methyl sites for hydroxylation is 1. The average Bonchev–Trinajstić information content (AvgIpc) is 3.42. The summed E-state index contributed by atoms with van der Waals surface area (Å²) in [7, 11) is -3.58. The van der Waals surface area contributed by atoms with E-state index >= 15 is 0 Å². The summed E-state index contributed by atoms with van der Waals surface area (Å²) in [5, 5.41) is 3.79. The molecule has 0 aliphatic heterocycles. The van der Waals surface area contributed by atoms with E-state index in [0.29, 0.717) is 17.3 Å². The van der Waals surface area contributed by atoms with E-state index in [0.717, 1.165) is 36.6 Å². The third-order valence-electron chi connectivity index (χ3n) is 6.06. The Hall–Kier alpha value is -1.99. The van der Waals surface area contributed by atoms with Gasteiger partial charge in [0.05, 0.1) is 15.8 Å². The van der Waals surface area contributed by atoms with E-state index in [1.807, 2.05) is 19.9 Å². The van der Waals surface area contributed by atoms with Crippen molar-refractivity contribution < 1.29 is 13.2 Å². The summed E-state index contributed by atoms with van der Waals surface area (Å²) in [4.78, 5) is 17.0. The number of benzene rings is 1. The first-order valence-electron chi connectivity index (χ1n) is 8.98. The van der Waals surface area contributed by atoms with Gasteiger partial charge in [0.15, 0.2) is 0 Å². The van der Waals surface area contributed by atoms with Crippen LogP contribution in [0.5, 0.6) is 0 Å². The van der Waals surface area contributed by atoms with E-state index < -0.39 is 10.0 Å². The molecule has 1 heterocycles. The number of nitrogens with zero attached hydrogens (tertiary/aromatic N) is 1. The molecule has 2 aromatic rings. The van der Waals surface area contributed by atoms with E-state index in [2.05, 4.69) is 15.0 Å². The molecule has 0 radical (unpaired) electrons. The van der Waals surface area contributed by atoms with Crippen molar-refractivity contribution in [2.45, 2.75) is 50.0 Å². The lowest BCUT2D eigenvalue weighted by molar-refractivity contribution is -0.119. The lowest BCUT2D eigenvalue weighted by Crippen LogP contribution is -2.34. The van der Waals surface area contributed by atoms with Gasteiger partial charge in [-0.2, -0.15) is 0 Å². The van der Waals surface area contributed by atoms with Gasteiger partial charge in [-0.25, -0.2) is 18.1 Å². The molecule has 0 bridgehead atoms. The first-order chi connectivity index (χ1) is 12.2. The molecule has 1 amide bonds. The predicted octanol–water partition coefficient (Wildman–Crippen LogP) is 2.72. The normalized spacial score (nSPS) is 27.7. The number of carbonyl (C=O) groups excluding carboxylic acids is 1. The van der Waals surface area contributed by atoms with Crippen LogP contribution in [-0.2, 0) is 14.8 Å². The Morgan fingerprint density at radius 2 is 1.92 bits per heavy atom. The van der Waals surface area contributed by atoms with Gasteiger partial charge in [0.1, 0.15) is 5.82 Å². The Morgan fingerprint density at radius 3 is 2.54 bits per heavy atom. The largest absolute Gasteiger partial charge is 0.310 e. The van der Waals surface area contributed by atoms with Crippen LogP contribution in [-0.4, -0.2) is 24.8 Å². The van der Waals surface area contributed by atoms with Crippen LogP contribution in [0.4, 0.5) is 5.82 Å². The number of amides is 1. The molecule has 3 aliphatic carbocycles. The number of hydrogen-bond acceptors (Lipinski definition) is 4. The number of nitrogens with one attached hydrogen (secondary N) is 2. The molecule has 3 aliphatic rings. The topological polar surface area (TPSA) is 88.2 Å². The Morgan fingerprint density at radius 1 is 1.23 bits per heavy atom. The van der Waals surface area contributed by atoms with Crippen LogP contribution in [0, 0.1) is 18.3 Å². The maximum Gasteiger partial charge on any atom is 0.241 e. The van der Waals surface area contributed by atoms with Crippen LogP contribution < -0.4 is 10.0 Å². The van der Waals surface area contributed by atoms with Crippen molar-refractivity contribution in [2.24, 2.45) is 11.3 Å². The van der Waals surface area contributed by atoms with Crippen LogP contribution in [0.1, 0.15) is 38.2 Å². The number of pyridine rings is 1. The molecule has 3 saturated carbocycles. The molecule has 0 atom stereocenters. The smallest absolute Gasteiger partial charge is 0.241 e. The third-order valence-corrected chi connectivity index (χ3v) is 7.69. The zero-order valence-corrected chi connectivity index (χ0v) is 15.6. The standard InChI is InChI=1S/C19H21N3O3S/c1-11-7-16(21-17(23)19-9-12(19)10-19)20-15-8-13(3-4-14(11)15)26(24,25)22-18(2)5-6-18/h3-4,7-8,12,22H,5-6,9-10H2,1-2H3,(H,20,21,23). The van der Waals surface area contributed by atoms with Gasteiger partial charge < -0.3 is 5.32 Å². The second-order valence-electron chi connectivity index (χ2n) is 8.38. The maximum absolute atomic E-state index is 12.6. The first kappa shape index (κ1) is 16.2. The van der Waals surface area contributed by atoms with E-state index in [9.17, 15) is 13.2 Å². The van der Waals surface area contributed by atoms with Crippen LogP contribution >= 0.6 is 0 Å². The summed E-state index contributed by atoms with van der Waals surface area (Å²) in [5.74, 6) is 1.10. The second-order valence-corrected chi connectivity index (χ2v) is 10.1. The molecule has 0 spiro atoms. The molecule has 7 heteroatoms. The molecular formula is C19H21N3O3S. The Labute approximate surface area is 152 Å². The summed E-state index contributed by atoms with van der Waals surface area (Å²) in [5.41, 5.74) is 1.08. The number of aromatic nitrogens is 1. The first-order valence-corrected chi connectivity index (χ1v) is 10.5. The highest BCUT2D eigenvalue weighted by Gasteiger charge is 2.74. The monoisotopic (exact) mass is 371 g/mol. The molecule has 136 valence electrons. The van der Waals surface area contributed by atoms with Crippen LogP contribution in [0.2, 0.25) is 0 Å². The number of anilines is 1. The van der Waals surface area contributed by atoms with E-state index in [1.54, 1.807) is 18.2 Å². The Balaban J connectivity index is 1.49. The minimum atomic E-state index is -3.58. The molecule has 2 N–H and O–H groups in total. The number of rotatable bonds is 5. The summed E-state index contributed by atoms with van der Waals surface area (Å²) in [6, 6.07) is 6.82. The van der Waals surface area contributed by atoms with Crippen molar-refractivity contribution >= 4 is 32.7 Å². The van der Waals surface area contributed by atoms with Gasteiger partial charge >= 0.3 is 0 Å². The maximum atomic E-state index is 12.6. The Bertz CT molecular complexity index is 1070. The summed E-state index contributed by atoms with van der Waals surface area (Å²) in [6.45, 7) is 3.84. The summed E-state index contributed by atoms with van der Waals surface area (Å²) in [6.07, 6.45) is 3.68. The number of carbonyl (C=O) groups is 1. The summed E-state index contributed by atoms with van der Waals surface area (Å²) >= 11 is 0. The van der Waals surface area contributed by atoms with Crippen LogP contribution in [0.3, 0.4) is 0 Å². The molecule has 1 aromatic carbocycles. The fraction of sp³-hybridized carbons (Fsp3) is 0.474. The van der Waals surface area contributed by atoms with Crippen LogP contribution in [0.25, 0.3) is 10.9 Å². The molecule has 0 unspecified atom stereocenters. The number of hydrogen-bond donors (Lipinski definition) is 2. The SMILES string of the molecule is Cc1cc(NC(=O)C23CC2C3)nc2cc(S(=O)(=O)NC3(C)CC3)ccc12. The van der Waals surface area contributed by atoms with Crippen molar-refractivity contribution in [3.05, 3.63) is 29.8 Å². The molecule has 0 saturated heterocycles. The van der Waals surface area contributed by atoms with Gasteiger partial charge in [-0.1, -0.05) is 6.07 Å². The number of fused-ring (bicyclic) bond motifs is 2. The highest BCUT2D eigenvalue weighted by atomic mass is 32.2. The van der Waals surface area contributed by atoms with Gasteiger partial charge in [0.2, 0.25) is 15.9 Å².